The summed E-state index contributed by atoms with van der Waals surface area (Å²) in [5.74, 6) is 0.0582. The van der Waals surface area contributed by atoms with Gasteiger partial charge < -0.3 is 19.5 Å². The summed E-state index contributed by atoms with van der Waals surface area (Å²) in [6.07, 6.45) is 1.57. The van der Waals surface area contributed by atoms with Gasteiger partial charge in [-0.25, -0.2) is 0 Å². The lowest BCUT2D eigenvalue weighted by Gasteiger charge is -2.34. The third-order valence-corrected chi connectivity index (χ3v) is 5.58. The molecule has 1 fully saturated rings. The number of nitrogens with zero attached hydrogens (tertiary/aromatic N) is 3. The zero-order valence-electron chi connectivity index (χ0n) is 17.1. The second-order valence-corrected chi connectivity index (χ2v) is 8.08. The second-order valence-electron chi connectivity index (χ2n) is 7.16. The molecule has 0 spiro atoms. The number of anilines is 1. The van der Waals surface area contributed by atoms with Crippen molar-refractivity contribution in [1.29, 1.82) is 0 Å². The van der Waals surface area contributed by atoms with Gasteiger partial charge in [0.2, 0.25) is 17.2 Å². The molecule has 3 rings (SSSR count). The van der Waals surface area contributed by atoms with E-state index in [4.69, 9.17) is 4.74 Å². The average molecular weight is 477 g/mol. The normalized spacial score (nSPS) is 14.4. The maximum atomic E-state index is 12.6. The summed E-state index contributed by atoms with van der Waals surface area (Å²) in [6.45, 7) is 4.86. The van der Waals surface area contributed by atoms with Crippen molar-refractivity contribution in [3.63, 3.8) is 0 Å². The highest BCUT2D eigenvalue weighted by Crippen LogP contribution is 2.15. The number of methoxy groups -OCH3 is 1. The Bertz CT molecular complexity index is 966. The highest BCUT2D eigenvalue weighted by Gasteiger charge is 2.20. The number of amides is 2. The van der Waals surface area contributed by atoms with E-state index < -0.39 is 0 Å². The first-order valence-electron chi connectivity index (χ1n) is 9.66. The van der Waals surface area contributed by atoms with Gasteiger partial charge in [0.15, 0.2) is 5.75 Å². The highest BCUT2D eigenvalue weighted by atomic mass is 79.9. The number of hydrogen-bond donors (Lipinski definition) is 1. The van der Waals surface area contributed by atoms with E-state index in [0.717, 1.165) is 10.2 Å². The minimum absolute atomic E-state index is 0.0510. The lowest BCUT2D eigenvalue weighted by molar-refractivity contribution is -0.130. The predicted octanol–water partition coefficient (Wildman–Crippen LogP) is 1.92. The summed E-state index contributed by atoms with van der Waals surface area (Å²) < 4.78 is 7.83. The molecular weight excluding hydrogens is 452 g/mol. The molecule has 0 bridgehead atoms. The molecule has 0 aliphatic carbocycles. The smallest absolute Gasteiger partial charge is 0.244 e. The van der Waals surface area contributed by atoms with Gasteiger partial charge in [0.25, 0.3) is 0 Å². The minimum atomic E-state index is -0.223. The molecule has 9 heteroatoms. The lowest BCUT2D eigenvalue weighted by Crippen LogP contribution is -2.47. The number of pyridine rings is 1. The van der Waals surface area contributed by atoms with Crippen LogP contribution in [0.5, 0.6) is 5.75 Å². The quantitative estimate of drug-likeness (QED) is 0.688. The number of rotatable bonds is 6. The maximum absolute atomic E-state index is 12.6. The number of halogens is 1. The fraction of sp³-hybridized carbons (Fsp3) is 0.381. The molecule has 1 aromatic carbocycles. The molecule has 2 amide bonds. The number of aromatic nitrogens is 1. The molecule has 2 aromatic rings. The van der Waals surface area contributed by atoms with Gasteiger partial charge in [-0.2, -0.15) is 0 Å². The molecule has 8 nitrogen and oxygen atoms in total. The first kappa shape index (κ1) is 22.0. The fourth-order valence-corrected chi connectivity index (χ4v) is 3.63. The van der Waals surface area contributed by atoms with Crippen LogP contribution in [-0.4, -0.2) is 59.5 Å². The van der Waals surface area contributed by atoms with E-state index >= 15 is 0 Å². The molecule has 0 saturated carbocycles. The molecule has 1 saturated heterocycles. The Labute approximate surface area is 183 Å². The SMILES string of the molecule is COc1cn(CC(=O)Nc2ccc(Br)cc2)c(CN2CCN(C(C)=O)CC2)cc1=O. The van der Waals surface area contributed by atoms with Crippen LogP contribution in [0.2, 0.25) is 0 Å². The zero-order valence-corrected chi connectivity index (χ0v) is 18.6. The average Bonchev–Trinajstić information content (AvgIpc) is 2.72. The van der Waals surface area contributed by atoms with Crippen LogP contribution in [0.25, 0.3) is 0 Å². The second kappa shape index (κ2) is 9.90. The van der Waals surface area contributed by atoms with E-state index in [0.29, 0.717) is 38.4 Å². The van der Waals surface area contributed by atoms with Crippen LogP contribution in [0.3, 0.4) is 0 Å². The van der Waals surface area contributed by atoms with Crippen LogP contribution in [0.1, 0.15) is 12.6 Å². The molecule has 160 valence electrons. The van der Waals surface area contributed by atoms with Crippen molar-refractivity contribution in [3.05, 3.63) is 56.9 Å². The summed E-state index contributed by atoms with van der Waals surface area (Å²) in [7, 11) is 1.43. The molecule has 0 atom stereocenters. The number of piperazine rings is 1. The Kier molecular flexibility index (Phi) is 7.28. The monoisotopic (exact) mass is 476 g/mol. The summed E-state index contributed by atoms with van der Waals surface area (Å²) in [5, 5.41) is 2.86. The molecular formula is C21H25BrN4O4. The van der Waals surface area contributed by atoms with Gasteiger partial charge in [-0.3, -0.25) is 19.3 Å². The van der Waals surface area contributed by atoms with Crippen molar-refractivity contribution in [2.24, 2.45) is 0 Å². The van der Waals surface area contributed by atoms with E-state index in [2.05, 4.69) is 26.1 Å². The van der Waals surface area contributed by atoms with Crippen molar-refractivity contribution in [1.82, 2.24) is 14.4 Å². The first-order valence-corrected chi connectivity index (χ1v) is 10.5. The molecule has 30 heavy (non-hydrogen) atoms. The van der Waals surface area contributed by atoms with Crippen LogP contribution in [-0.2, 0) is 22.7 Å². The van der Waals surface area contributed by atoms with E-state index in [1.54, 1.807) is 17.7 Å². The van der Waals surface area contributed by atoms with Gasteiger partial charge in [-0.15, -0.1) is 0 Å². The van der Waals surface area contributed by atoms with Gasteiger partial charge in [0.05, 0.1) is 13.3 Å². The lowest BCUT2D eigenvalue weighted by atomic mass is 10.2. The van der Waals surface area contributed by atoms with Crippen molar-refractivity contribution < 1.29 is 14.3 Å². The van der Waals surface area contributed by atoms with Crippen LogP contribution < -0.4 is 15.5 Å². The molecule has 1 aliphatic heterocycles. The molecule has 0 radical (unpaired) electrons. The zero-order chi connectivity index (χ0) is 21.7. The number of ether oxygens (including phenoxy) is 1. The van der Waals surface area contributed by atoms with E-state index in [1.807, 2.05) is 29.2 Å². The van der Waals surface area contributed by atoms with Gasteiger partial charge >= 0.3 is 0 Å². The summed E-state index contributed by atoms with van der Waals surface area (Å²) in [4.78, 5) is 40.4. The Morgan fingerprint density at radius 3 is 2.40 bits per heavy atom. The van der Waals surface area contributed by atoms with E-state index in [-0.39, 0.29) is 29.5 Å². The number of hydrogen-bond acceptors (Lipinski definition) is 5. The van der Waals surface area contributed by atoms with Crippen molar-refractivity contribution in [3.8, 4) is 5.75 Å². The Balaban J connectivity index is 1.74. The number of nitrogens with one attached hydrogen (secondary N) is 1. The Morgan fingerprint density at radius 1 is 1.13 bits per heavy atom. The van der Waals surface area contributed by atoms with Gasteiger partial charge in [0, 0.05) is 61.6 Å². The standard InChI is InChI=1S/C21H25BrN4O4/c1-15(27)25-9-7-24(8-10-25)12-18-11-19(28)20(30-2)13-26(18)14-21(29)23-17-5-3-16(22)4-6-17/h3-6,11,13H,7-10,12,14H2,1-2H3,(H,23,29). The fourth-order valence-electron chi connectivity index (χ4n) is 3.37. The topological polar surface area (TPSA) is 83.9 Å². The molecule has 1 aliphatic rings. The predicted molar refractivity (Wildman–Crippen MR) is 118 cm³/mol. The third-order valence-electron chi connectivity index (χ3n) is 5.05. The third kappa shape index (κ3) is 5.70. The van der Waals surface area contributed by atoms with E-state index in [1.165, 1.54) is 13.2 Å². The highest BCUT2D eigenvalue weighted by molar-refractivity contribution is 9.10. The van der Waals surface area contributed by atoms with Crippen molar-refractivity contribution in [2.75, 3.05) is 38.6 Å². The largest absolute Gasteiger partial charge is 0.491 e. The van der Waals surface area contributed by atoms with Crippen molar-refractivity contribution >= 4 is 33.4 Å². The number of carbonyl (C=O) groups is 2. The van der Waals surface area contributed by atoms with Gasteiger partial charge in [0.1, 0.15) is 6.54 Å². The van der Waals surface area contributed by atoms with E-state index in [9.17, 15) is 14.4 Å². The Morgan fingerprint density at radius 2 is 1.80 bits per heavy atom. The summed E-state index contributed by atoms with van der Waals surface area (Å²) in [6, 6.07) is 8.84. The molecule has 0 unspecified atom stereocenters. The maximum Gasteiger partial charge on any atom is 0.244 e. The van der Waals surface area contributed by atoms with Crippen molar-refractivity contribution in [2.45, 2.75) is 20.0 Å². The minimum Gasteiger partial charge on any atom is -0.491 e. The molecule has 2 heterocycles. The van der Waals surface area contributed by atoms with Crippen LogP contribution >= 0.6 is 15.9 Å². The number of benzene rings is 1. The van der Waals surface area contributed by atoms with Crippen LogP contribution in [0, 0.1) is 0 Å². The van der Waals surface area contributed by atoms with Crippen LogP contribution in [0.4, 0.5) is 5.69 Å². The Hall–Kier alpha value is -2.65. The number of carbonyl (C=O) groups excluding carboxylic acids is 2. The van der Waals surface area contributed by atoms with Gasteiger partial charge in [-0.05, 0) is 24.3 Å². The van der Waals surface area contributed by atoms with Crippen LogP contribution in [0.15, 0.2) is 45.8 Å². The summed E-state index contributed by atoms with van der Waals surface area (Å²) >= 11 is 3.37. The summed E-state index contributed by atoms with van der Waals surface area (Å²) in [5.41, 5.74) is 1.19. The van der Waals surface area contributed by atoms with Gasteiger partial charge in [-0.1, -0.05) is 15.9 Å². The molecule has 1 aromatic heterocycles. The molecule has 1 N–H and O–H groups in total. The first-order chi connectivity index (χ1) is 14.4.